The van der Waals surface area contributed by atoms with Crippen LogP contribution in [0.2, 0.25) is 0 Å². The largest absolute Gasteiger partial charge is 0.487 e. The summed E-state index contributed by atoms with van der Waals surface area (Å²) in [6.07, 6.45) is 2.67. The van der Waals surface area contributed by atoms with Gasteiger partial charge in [-0.2, -0.15) is 0 Å². The van der Waals surface area contributed by atoms with Gasteiger partial charge in [-0.3, -0.25) is 14.5 Å². The lowest BCUT2D eigenvalue weighted by atomic mass is 9.88. The quantitative estimate of drug-likeness (QED) is 0.708. The maximum atomic E-state index is 13.2. The van der Waals surface area contributed by atoms with Gasteiger partial charge in [0, 0.05) is 24.4 Å². The van der Waals surface area contributed by atoms with E-state index in [-0.39, 0.29) is 46.7 Å². The summed E-state index contributed by atoms with van der Waals surface area (Å²) in [7, 11) is 0. The molecule has 0 spiro atoms. The first kappa shape index (κ1) is 22.6. The van der Waals surface area contributed by atoms with Crippen LogP contribution in [0.3, 0.4) is 0 Å². The highest BCUT2D eigenvalue weighted by atomic mass is 16.5. The van der Waals surface area contributed by atoms with Crippen molar-refractivity contribution in [2.24, 2.45) is 28.5 Å². The molecule has 7 nitrogen and oxygen atoms in total. The molecule has 3 aliphatic rings. The minimum absolute atomic E-state index is 0.0135. The normalized spacial score (nSPS) is 30.1. The third kappa shape index (κ3) is 4.09. The summed E-state index contributed by atoms with van der Waals surface area (Å²) in [6, 6.07) is 7.80. The minimum Gasteiger partial charge on any atom is -0.487 e. The van der Waals surface area contributed by atoms with E-state index in [0.29, 0.717) is 25.3 Å². The van der Waals surface area contributed by atoms with Gasteiger partial charge in [-0.05, 0) is 44.6 Å². The smallest absolute Gasteiger partial charge is 0.231 e. The lowest BCUT2D eigenvalue weighted by molar-refractivity contribution is -0.130. The number of carbonyl (C=O) groups is 2. The van der Waals surface area contributed by atoms with E-state index < -0.39 is 0 Å². The average molecular weight is 441 g/mol. The Bertz CT molecular complexity index is 937. The summed E-state index contributed by atoms with van der Waals surface area (Å²) in [6.45, 7) is 10.7. The number of nitrogens with zero attached hydrogens (tertiary/aromatic N) is 2. The van der Waals surface area contributed by atoms with Crippen molar-refractivity contribution in [2.45, 2.75) is 77.5 Å². The zero-order valence-corrected chi connectivity index (χ0v) is 19.9. The molecule has 1 saturated carbocycles. The molecule has 2 heterocycles. The average Bonchev–Trinajstić information content (AvgIpc) is 3.38. The summed E-state index contributed by atoms with van der Waals surface area (Å²) >= 11 is 0. The van der Waals surface area contributed by atoms with Gasteiger partial charge in [-0.25, -0.2) is 4.99 Å². The van der Waals surface area contributed by atoms with Crippen LogP contribution in [0.5, 0.6) is 5.75 Å². The number of fused-ring (bicyclic) bond motifs is 1. The summed E-state index contributed by atoms with van der Waals surface area (Å²) in [5.41, 5.74) is 6.50. The van der Waals surface area contributed by atoms with E-state index in [1.165, 1.54) is 0 Å². The van der Waals surface area contributed by atoms with Crippen LogP contribution in [0, 0.1) is 17.8 Å². The van der Waals surface area contributed by atoms with Gasteiger partial charge in [0.15, 0.2) is 5.96 Å². The fourth-order valence-electron chi connectivity index (χ4n) is 5.37. The lowest BCUT2D eigenvalue weighted by Gasteiger charge is -2.38. The molecule has 32 heavy (non-hydrogen) atoms. The third-order valence-electron chi connectivity index (χ3n) is 7.68. The van der Waals surface area contributed by atoms with Crippen molar-refractivity contribution in [1.29, 1.82) is 0 Å². The Balaban J connectivity index is 1.44. The number of nitrogens with one attached hydrogen (secondary N) is 1. The molecule has 1 fully saturated rings. The van der Waals surface area contributed by atoms with Crippen LogP contribution in [-0.2, 0) is 9.59 Å². The van der Waals surface area contributed by atoms with Gasteiger partial charge >= 0.3 is 0 Å². The van der Waals surface area contributed by atoms with Crippen LogP contribution in [-0.4, -0.2) is 40.4 Å². The number of para-hydroxylation sites is 1. The fraction of sp³-hybridized carbons (Fsp3) is 0.640. The molecule has 0 saturated heterocycles. The first-order chi connectivity index (χ1) is 15.1. The Kier molecular flexibility index (Phi) is 5.72. The maximum Gasteiger partial charge on any atom is 0.231 e. The number of carbonyl (C=O) groups excluding carboxylic acids is 2. The third-order valence-corrected chi connectivity index (χ3v) is 7.68. The molecule has 0 radical (unpaired) electrons. The number of aliphatic imine (C=N–C) groups is 1. The number of amides is 2. The summed E-state index contributed by atoms with van der Waals surface area (Å²) < 4.78 is 6.09. The molecule has 7 heteroatoms. The van der Waals surface area contributed by atoms with E-state index in [1.54, 1.807) is 4.90 Å². The molecular formula is C25H36N4O3. The van der Waals surface area contributed by atoms with Gasteiger partial charge in [-0.1, -0.05) is 39.0 Å². The predicted molar refractivity (Wildman–Crippen MR) is 124 cm³/mol. The van der Waals surface area contributed by atoms with Crippen molar-refractivity contribution < 1.29 is 14.3 Å². The molecule has 0 bridgehead atoms. The number of nitrogens with two attached hydrogens (primary N) is 1. The fourth-order valence-corrected chi connectivity index (χ4v) is 5.37. The van der Waals surface area contributed by atoms with Crippen molar-refractivity contribution in [1.82, 2.24) is 10.2 Å². The molecule has 1 aliphatic carbocycles. The van der Waals surface area contributed by atoms with Crippen molar-refractivity contribution >= 4 is 17.8 Å². The number of benzene rings is 1. The van der Waals surface area contributed by atoms with E-state index in [0.717, 1.165) is 24.2 Å². The molecule has 0 aromatic heterocycles. The van der Waals surface area contributed by atoms with Gasteiger partial charge in [0.25, 0.3) is 0 Å². The van der Waals surface area contributed by atoms with Gasteiger partial charge in [-0.15, -0.1) is 0 Å². The Morgan fingerprint density at radius 3 is 2.62 bits per heavy atom. The van der Waals surface area contributed by atoms with Crippen LogP contribution < -0.4 is 15.8 Å². The first-order valence-electron chi connectivity index (χ1n) is 11.8. The Labute approximate surface area is 190 Å². The molecule has 2 unspecified atom stereocenters. The first-order valence-corrected chi connectivity index (χ1v) is 11.8. The van der Waals surface area contributed by atoms with Gasteiger partial charge in [0.05, 0.1) is 18.0 Å². The maximum absolute atomic E-state index is 13.2. The zero-order valence-electron chi connectivity index (χ0n) is 19.9. The minimum atomic E-state index is -0.382. The van der Waals surface area contributed by atoms with Crippen molar-refractivity contribution in [3.63, 3.8) is 0 Å². The number of guanidine groups is 1. The Hall–Kier alpha value is -2.57. The van der Waals surface area contributed by atoms with Gasteiger partial charge in [0.2, 0.25) is 11.8 Å². The number of hydrogen-bond donors (Lipinski definition) is 2. The SMILES string of the molecule is CCC1(CC)CC(=O)N(C[C@H]2C(C)C2C(=O)N[C@H]2CC(C)(C)Oc3ccccc32)C(N)=N1. The highest BCUT2D eigenvalue weighted by Crippen LogP contribution is 2.48. The van der Waals surface area contributed by atoms with E-state index in [4.69, 9.17) is 10.5 Å². The predicted octanol–water partition coefficient (Wildman–Crippen LogP) is 3.39. The van der Waals surface area contributed by atoms with Crippen LogP contribution in [0.1, 0.15) is 71.9 Å². The molecule has 3 N–H and O–H groups in total. The molecule has 4 rings (SSSR count). The monoisotopic (exact) mass is 440 g/mol. The second-order valence-corrected chi connectivity index (χ2v) is 10.3. The standard InChI is InChI=1S/C25H36N4O3/c1-6-25(7-2)13-20(30)29(23(26)28-25)14-17-15(3)21(17)22(31)27-18-12-24(4,5)32-19-11-9-8-10-16(18)19/h8-11,15,17-18,21H,6-7,12-14H2,1-5H3,(H2,26,28)(H,27,31)/t15?,17-,18-,21?/m0/s1. The van der Waals surface area contributed by atoms with E-state index >= 15 is 0 Å². The molecule has 174 valence electrons. The van der Waals surface area contributed by atoms with Crippen LogP contribution >= 0.6 is 0 Å². The number of ether oxygens (including phenoxy) is 1. The second-order valence-electron chi connectivity index (χ2n) is 10.3. The van der Waals surface area contributed by atoms with Crippen LogP contribution in [0.4, 0.5) is 0 Å². The highest BCUT2D eigenvalue weighted by molar-refractivity contribution is 5.99. The summed E-state index contributed by atoms with van der Waals surface area (Å²) in [4.78, 5) is 32.3. The highest BCUT2D eigenvalue weighted by Gasteiger charge is 2.54. The lowest BCUT2D eigenvalue weighted by Crippen LogP contribution is -2.52. The summed E-state index contributed by atoms with van der Waals surface area (Å²) in [5, 5.41) is 3.26. The van der Waals surface area contributed by atoms with E-state index in [1.807, 2.05) is 52.0 Å². The van der Waals surface area contributed by atoms with Crippen molar-refractivity contribution in [3.05, 3.63) is 29.8 Å². The molecule has 2 amide bonds. The zero-order chi connectivity index (χ0) is 23.3. The van der Waals surface area contributed by atoms with Crippen LogP contribution in [0.15, 0.2) is 29.3 Å². The Morgan fingerprint density at radius 1 is 1.28 bits per heavy atom. The molecule has 2 aliphatic heterocycles. The molecule has 1 aromatic carbocycles. The topological polar surface area (TPSA) is 97.0 Å². The van der Waals surface area contributed by atoms with E-state index in [2.05, 4.69) is 17.2 Å². The number of rotatable bonds is 6. The van der Waals surface area contributed by atoms with Crippen molar-refractivity contribution in [2.75, 3.05) is 6.54 Å². The van der Waals surface area contributed by atoms with Crippen molar-refractivity contribution in [3.8, 4) is 5.75 Å². The second kappa shape index (κ2) is 8.09. The van der Waals surface area contributed by atoms with Gasteiger partial charge in [0.1, 0.15) is 11.4 Å². The van der Waals surface area contributed by atoms with Gasteiger partial charge < -0.3 is 15.8 Å². The van der Waals surface area contributed by atoms with Crippen LogP contribution in [0.25, 0.3) is 0 Å². The number of hydrogen-bond acceptors (Lipinski definition) is 5. The molecule has 1 aromatic rings. The van der Waals surface area contributed by atoms with E-state index in [9.17, 15) is 9.59 Å². The summed E-state index contributed by atoms with van der Waals surface area (Å²) in [5.74, 6) is 1.33. The molecular weight excluding hydrogens is 404 g/mol. The molecule has 4 atom stereocenters. The Morgan fingerprint density at radius 2 is 1.97 bits per heavy atom.